The van der Waals surface area contributed by atoms with Gasteiger partial charge >= 0.3 is 0 Å². The number of nitrogens with one attached hydrogen (secondary N) is 1. The van der Waals surface area contributed by atoms with Crippen molar-refractivity contribution in [3.05, 3.63) is 16.6 Å². The van der Waals surface area contributed by atoms with Crippen LogP contribution >= 0.6 is 11.3 Å². The molecule has 0 saturated carbocycles. The van der Waals surface area contributed by atoms with Gasteiger partial charge in [0.25, 0.3) is 0 Å². The molecular formula is C12H21N3S. The Hall–Kier alpha value is -0.450. The van der Waals surface area contributed by atoms with Crippen LogP contribution in [0, 0.1) is 0 Å². The van der Waals surface area contributed by atoms with Crippen LogP contribution in [0.1, 0.15) is 31.1 Å². The molecule has 0 atom stereocenters. The van der Waals surface area contributed by atoms with Crippen LogP contribution in [0.2, 0.25) is 0 Å². The lowest BCUT2D eigenvalue weighted by Crippen LogP contribution is -2.42. The third kappa shape index (κ3) is 3.27. The SMILES string of the molecule is CCCN(Cc1cncs1)C1CCNCC1. The summed E-state index contributed by atoms with van der Waals surface area (Å²) < 4.78 is 0. The van der Waals surface area contributed by atoms with Crippen molar-refractivity contribution in [2.75, 3.05) is 19.6 Å². The Kier molecular flexibility index (Phi) is 4.75. The maximum Gasteiger partial charge on any atom is 0.0794 e. The van der Waals surface area contributed by atoms with Crippen LogP contribution in [-0.2, 0) is 6.54 Å². The summed E-state index contributed by atoms with van der Waals surface area (Å²) in [6, 6.07) is 0.767. The van der Waals surface area contributed by atoms with Crippen molar-refractivity contribution in [2.24, 2.45) is 0 Å². The van der Waals surface area contributed by atoms with Crippen molar-refractivity contribution < 1.29 is 0 Å². The highest BCUT2D eigenvalue weighted by molar-refractivity contribution is 7.09. The number of hydrogen-bond acceptors (Lipinski definition) is 4. The highest BCUT2D eigenvalue weighted by Crippen LogP contribution is 2.17. The van der Waals surface area contributed by atoms with Crippen LogP contribution in [0.4, 0.5) is 0 Å². The maximum atomic E-state index is 4.16. The van der Waals surface area contributed by atoms with Crippen LogP contribution in [0.25, 0.3) is 0 Å². The van der Waals surface area contributed by atoms with E-state index >= 15 is 0 Å². The summed E-state index contributed by atoms with van der Waals surface area (Å²) in [5, 5.41) is 3.43. The lowest BCUT2D eigenvalue weighted by atomic mass is 10.0. The minimum absolute atomic E-state index is 0.767. The molecule has 0 unspecified atom stereocenters. The number of hydrogen-bond donors (Lipinski definition) is 1. The zero-order valence-corrected chi connectivity index (χ0v) is 10.8. The average molecular weight is 239 g/mol. The van der Waals surface area contributed by atoms with Gasteiger partial charge in [0, 0.05) is 23.7 Å². The van der Waals surface area contributed by atoms with Crippen LogP contribution in [0.5, 0.6) is 0 Å². The highest BCUT2D eigenvalue weighted by Gasteiger charge is 2.20. The molecule has 1 aromatic rings. The fourth-order valence-electron chi connectivity index (χ4n) is 2.37. The summed E-state index contributed by atoms with van der Waals surface area (Å²) in [6.45, 7) is 6.91. The molecule has 0 spiro atoms. The predicted octanol–water partition coefficient (Wildman–Crippen LogP) is 2.11. The fraction of sp³-hybridized carbons (Fsp3) is 0.750. The summed E-state index contributed by atoms with van der Waals surface area (Å²) in [7, 11) is 0. The first kappa shape index (κ1) is 12.0. The van der Waals surface area contributed by atoms with E-state index in [1.165, 1.54) is 43.8 Å². The van der Waals surface area contributed by atoms with E-state index in [2.05, 4.69) is 22.1 Å². The van der Waals surface area contributed by atoms with Gasteiger partial charge in [-0.3, -0.25) is 9.88 Å². The Bertz CT molecular complexity index is 280. The van der Waals surface area contributed by atoms with Crippen molar-refractivity contribution in [3.63, 3.8) is 0 Å². The van der Waals surface area contributed by atoms with Gasteiger partial charge in [-0.1, -0.05) is 6.92 Å². The van der Waals surface area contributed by atoms with Gasteiger partial charge in [0.05, 0.1) is 5.51 Å². The molecule has 0 amide bonds. The Morgan fingerprint density at radius 1 is 1.50 bits per heavy atom. The number of piperidine rings is 1. The molecule has 4 heteroatoms. The van der Waals surface area contributed by atoms with Crippen molar-refractivity contribution >= 4 is 11.3 Å². The predicted molar refractivity (Wildman–Crippen MR) is 68.7 cm³/mol. The molecule has 0 bridgehead atoms. The molecule has 1 N–H and O–H groups in total. The second-order valence-electron chi connectivity index (χ2n) is 4.42. The summed E-state index contributed by atoms with van der Waals surface area (Å²) >= 11 is 1.77. The van der Waals surface area contributed by atoms with E-state index in [1.807, 2.05) is 11.7 Å². The van der Waals surface area contributed by atoms with E-state index in [1.54, 1.807) is 11.3 Å². The van der Waals surface area contributed by atoms with E-state index in [4.69, 9.17) is 0 Å². The normalized spacial score (nSPS) is 18.1. The number of thiazole rings is 1. The van der Waals surface area contributed by atoms with E-state index in [-0.39, 0.29) is 0 Å². The van der Waals surface area contributed by atoms with Crippen molar-refractivity contribution in [1.29, 1.82) is 0 Å². The molecule has 0 aromatic carbocycles. The number of aromatic nitrogens is 1. The lowest BCUT2D eigenvalue weighted by Gasteiger charge is -2.34. The first-order chi connectivity index (χ1) is 7.90. The smallest absolute Gasteiger partial charge is 0.0794 e. The van der Waals surface area contributed by atoms with Crippen molar-refractivity contribution in [2.45, 2.75) is 38.8 Å². The monoisotopic (exact) mass is 239 g/mol. The van der Waals surface area contributed by atoms with E-state index in [0.29, 0.717) is 0 Å². The van der Waals surface area contributed by atoms with E-state index in [0.717, 1.165) is 12.6 Å². The zero-order valence-electron chi connectivity index (χ0n) is 9.98. The van der Waals surface area contributed by atoms with Gasteiger partial charge in [0.15, 0.2) is 0 Å². The van der Waals surface area contributed by atoms with Crippen molar-refractivity contribution in [1.82, 2.24) is 15.2 Å². The molecule has 1 saturated heterocycles. The summed E-state index contributed by atoms with van der Waals surface area (Å²) in [5.74, 6) is 0. The molecule has 16 heavy (non-hydrogen) atoms. The topological polar surface area (TPSA) is 28.2 Å². The molecule has 1 aliphatic rings. The summed E-state index contributed by atoms with van der Waals surface area (Å²) in [4.78, 5) is 8.19. The molecule has 1 aliphatic heterocycles. The van der Waals surface area contributed by atoms with Gasteiger partial charge in [0.2, 0.25) is 0 Å². The van der Waals surface area contributed by atoms with Gasteiger partial charge in [-0.05, 0) is 38.9 Å². The average Bonchev–Trinajstić information content (AvgIpc) is 2.83. The Labute approximate surface area is 102 Å². The number of rotatable bonds is 5. The molecule has 2 rings (SSSR count). The van der Waals surface area contributed by atoms with Crippen molar-refractivity contribution in [3.8, 4) is 0 Å². The zero-order chi connectivity index (χ0) is 11.2. The largest absolute Gasteiger partial charge is 0.317 e. The second kappa shape index (κ2) is 6.33. The van der Waals surface area contributed by atoms with E-state index in [9.17, 15) is 0 Å². The van der Waals surface area contributed by atoms with Crippen LogP contribution < -0.4 is 5.32 Å². The Morgan fingerprint density at radius 2 is 2.31 bits per heavy atom. The van der Waals surface area contributed by atoms with Gasteiger partial charge in [-0.2, -0.15) is 0 Å². The summed E-state index contributed by atoms with van der Waals surface area (Å²) in [6.07, 6.45) is 5.83. The third-order valence-electron chi connectivity index (χ3n) is 3.18. The van der Waals surface area contributed by atoms with Gasteiger partial charge in [0.1, 0.15) is 0 Å². The molecule has 0 radical (unpaired) electrons. The molecule has 2 heterocycles. The first-order valence-corrected chi connectivity index (χ1v) is 7.10. The molecule has 3 nitrogen and oxygen atoms in total. The van der Waals surface area contributed by atoms with Crippen LogP contribution in [0.3, 0.4) is 0 Å². The Balaban J connectivity index is 1.92. The lowest BCUT2D eigenvalue weighted by molar-refractivity contribution is 0.155. The minimum atomic E-state index is 0.767. The standard InChI is InChI=1S/C12H21N3S/c1-2-7-15(9-12-8-14-10-16-12)11-3-5-13-6-4-11/h8,10-11,13H,2-7,9H2,1H3. The third-order valence-corrected chi connectivity index (χ3v) is 3.94. The highest BCUT2D eigenvalue weighted by atomic mass is 32.1. The molecular weight excluding hydrogens is 218 g/mol. The molecule has 0 aliphatic carbocycles. The second-order valence-corrected chi connectivity index (χ2v) is 5.39. The first-order valence-electron chi connectivity index (χ1n) is 6.22. The van der Waals surface area contributed by atoms with Gasteiger partial charge in [-0.15, -0.1) is 11.3 Å². The minimum Gasteiger partial charge on any atom is -0.317 e. The van der Waals surface area contributed by atoms with Gasteiger partial charge in [-0.25, -0.2) is 0 Å². The number of nitrogens with zero attached hydrogens (tertiary/aromatic N) is 2. The molecule has 1 fully saturated rings. The molecule has 90 valence electrons. The van der Waals surface area contributed by atoms with Crippen LogP contribution in [0.15, 0.2) is 11.7 Å². The quantitative estimate of drug-likeness (QED) is 0.853. The molecule has 1 aromatic heterocycles. The van der Waals surface area contributed by atoms with Crippen LogP contribution in [-0.4, -0.2) is 35.6 Å². The Morgan fingerprint density at radius 3 is 2.94 bits per heavy atom. The van der Waals surface area contributed by atoms with Gasteiger partial charge < -0.3 is 5.32 Å². The fourth-order valence-corrected chi connectivity index (χ4v) is 2.99. The van der Waals surface area contributed by atoms with E-state index < -0.39 is 0 Å². The maximum absolute atomic E-state index is 4.16. The summed E-state index contributed by atoms with van der Waals surface area (Å²) in [5.41, 5.74) is 1.93.